The van der Waals surface area contributed by atoms with Crippen molar-refractivity contribution in [3.8, 4) is 0 Å². The van der Waals surface area contributed by atoms with Crippen LogP contribution in [0.4, 0.5) is 0 Å². The molecular formula is C19H24N4S. The molecule has 0 saturated heterocycles. The first-order chi connectivity index (χ1) is 11.6. The van der Waals surface area contributed by atoms with Crippen molar-refractivity contribution in [3.05, 3.63) is 40.7 Å². The van der Waals surface area contributed by atoms with Gasteiger partial charge in [0.15, 0.2) is 5.82 Å². The zero-order valence-corrected chi connectivity index (χ0v) is 15.4. The van der Waals surface area contributed by atoms with Gasteiger partial charge in [-0.1, -0.05) is 48.7 Å². The number of hydrogen-bond acceptors (Lipinski definition) is 4. The Kier molecular flexibility index (Phi) is 4.21. The molecule has 24 heavy (non-hydrogen) atoms. The Bertz CT molecular complexity index is 787. The van der Waals surface area contributed by atoms with Crippen LogP contribution < -0.4 is 0 Å². The molecule has 0 spiro atoms. The summed E-state index contributed by atoms with van der Waals surface area (Å²) < 4.78 is 2.03. The number of hydrogen-bond donors (Lipinski definition) is 0. The Morgan fingerprint density at radius 2 is 1.88 bits per heavy atom. The van der Waals surface area contributed by atoms with Crippen molar-refractivity contribution in [3.63, 3.8) is 0 Å². The summed E-state index contributed by atoms with van der Waals surface area (Å²) in [6.45, 7) is 6.52. The fourth-order valence-corrected chi connectivity index (χ4v) is 4.67. The van der Waals surface area contributed by atoms with E-state index in [1.54, 1.807) is 11.8 Å². The molecule has 2 aliphatic rings. The molecule has 1 atom stereocenters. The molecule has 5 heteroatoms. The highest BCUT2D eigenvalue weighted by atomic mass is 32.2. The molecule has 1 aliphatic heterocycles. The van der Waals surface area contributed by atoms with Gasteiger partial charge < -0.3 is 0 Å². The minimum absolute atomic E-state index is 0.293. The molecule has 1 aromatic carbocycles. The second-order valence-corrected chi connectivity index (χ2v) is 8.36. The lowest BCUT2D eigenvalue weighted by Crippen LogP contribution is -2.24. The first-order valence-corrected chi connectivity index (χ1v) is 9.80. The van der Waals surface area contributed by atoms with E-state index >= 15 is 0 Å². The highest BCUT2D eigenvalue weighted by Gasteiger charge is 2.29. The fourth-order valence-electron chi connectivity index (χ4n) is 3.75. The summed E-state index contributed by atoms with van der Waals surface area (Å²) in [5, 5.41) is 15.2. The molecule has 0 amide bonds. The quantitative estimate of drug-likeness (QED) is 0.796. The molecule has 0 unspecified atom stereocenters. The number of nitrogens with zero attached hydrogens (tertiary/aromatic N) is 4. The van der Waals surface area contributed by atoms with Gasteiger partial charge in [-0.2, -0.15) is 9.78 Å². The smallest absolute Gasteiger partial charge is 0.191 e. The van der Waals surface area contributed by atoms with Crippen LogP contribution in [0.1, 0.15) is 67.5 Å². The SMILES string of the molecule is Cc1ccc(C)c(C2=Nn3c(nnc3C3CCCCC3)S[C@H]2C)c1. The number of thioether (sulfide) groups is 1. The normalized spacial score (nSPS) is 21.5. The number of benzene rings is 1. The highest BCUT2D eigenvalue weighted by molar-refractivity contribution is 8.00. The molecule has 1 aromatic heterocycles. The topological polar surface area (TPSA) is 43.1 Å². The van der Waals surface area contributed by atoms with Crippen molar-refractivity contribution in [2.24, 2.45) is 5.10 Å². The average Bonchev–Trinajstić information content (AvgIpc) is 3.00. The van der Waals surface area contributed by atoms with Crippen LogP contribution in [0.15, 0.2) is 28.5 Å². The molecule has 0 radical (unpaired) electrons. The van der Waals surface area contributed by atoms with Gasteiger partial charge in [0.05, 0.1) is 11.0 Å². The molecule has 0 bridgehead atoms. The summed E-state index contributed by atoms with van der Waals surface area (Å²) in [6, 6.07) is 6.60. The number of fused-ring (bicyclic) bond motifs is 1. The predicted molar refractivity (Wildman–Crippen MR) is 99.0 cm³/mol. The lowest BCUT2D eigenvalue weighted by Gasteiger charge is -2.24. The maximum absolute atomic E-state index is 5.02. The highest BCUT2D eigenvalue weighted by Crippen LogP contribution is 2.36. The summed E-state index contributed by atoms with van der Waals surface area (Å²) in [4.78, 5) is 0. The van der Waals surface area contributed by atoms with Crippen molar-refractivity contribution in [1.82, 2.24) is 14.9 Å². The van der Waals surface area contributed by atoms with Crippen LogP contribution in [-0.2, 0) is 0 Å². The molecule has 1 aliphatic carbocycles. The van der Waals surface area contributed by atoms with Gasteiger partial charge in [0.2, 0.25) is 5.16 Å². The third kappa shape index (κ3) is 2.79. The summed E-state index contributed by atoms with van der Waals surface area (Å²) in [5.41, 5.74) is 4.95. The molecular weight excluding hydrogens is 316 g/mol. The lowest BCUT2D eigenvalue weighted by molar-refractivity contribution is 0.417. The predicted octanol–water partition coefficient (Wildman–Crippen LogP) is 4.69. The monoisotopic (exact) mass is 340 g/mol. The van der Waals surface area contributed by atoms with E-state index in [0.29, 0.717) is 11.2 Å². The Labute approximate surface area is 147 Å². The van der Waals surface area contributed by atoms with E-state index in [1.807, 2.05) is 4.68 Å². The average molecular weight is 340 g/mol. The van der Waals surface area contributed by atoms with E-state index in [9.17, 15) is 0 Å². The maximum Gasteiger partial charge on any atom is 0.212 e. The van der Waals surface area contributed by atoms with Gasteiger partial charge in [0.25, 0.3) is 0 Å². The van der Waals surface area contributed by atoms with Crippen molar-refractivity contribution in [2.45, 2.75) is 69.2 Å². The molecule has 2 heterocycles. The Morgan fingerprint density at radius 3 is 2.67 bits per heavy atom. The third-order valence-electron chi connectivity index (χ3n) is 5.15. The second kappa shape index (κ2) is 6.36. The van der Waals surface area contributed by atoms with Gasteiger partial charge in [-0.15, -0.1) is 10.2 Å². The van der Waals surface area contributed by atoms with Gasteiger partial charge in [-0.25, -0.2) is 0 Å². The zero-order chi connectivity index (χ0) is 16.7. The van der Waals surface area contributed by atoms with Gasteiger partial charge in [0, 0.05) is 11.5 Å². The van der Waals surface area contributed by atoms with Gasteiger partial charge in [-0.3, -0.25) is 0 Å². The number of aryl methyl sites for hydroxylation is 2. The Morgan fingerprint density at radius 1 is 1.08 bits per heavy atom. The summed E-state index contributed by atoms with van der Waals surface area (Å²) >= 11 is 1.77. The minimum Gasteiger partial charge on any atom is -0.191 e. The zero-order valence-electron chi connectivity index (χ0n) is 14.6. The van der Waals surface area contributed by atoms with Crippen molar-refractivity contribution in [2.75, 3.05) is 0 Å². The van der Waals surface area contributed by atoms with Crippen LogP contribution in [0.3, 0.4) is 0 Å². The van der Waals surface area contributed by atoms with Crippen molar-refractivity contribution < 1.29 is 0 Å². The Balaban J connectivity index is 1.78. The standard InChI is InChI=1S/C19H24N4S/c1-12-9-10-13(2)16(11-12)17-14(3)24-19-21-20-18(23(19)22-17)15-7-5-4-6-8-15/h9-11,14-15H,4-8H2,1-3H3/t14-/m0/s1. The van der Waals surface area contributed by atoms with E-state index in [-0.39, 0.29) is 0 Å². The van der Waals surface area contributed by atoms with E-state index in [4.69, 9.17) is 5.10 Å². The fraction of sp³-hybridized carbons (Fsp3) is 0.526. The summed E-state index contributed by atoms with van der Waals surface area (Å²) in [7, 11) is 0. The largest absolute Gasteiger partial charge is 0.212 e. The minimum atomic E-state index is 0.293. The third-order valence-corrected chi connectivity index (χ3v) is 6.19. The lowest BCUT2D eigenvalue weighted by atomic mass is 9.89. The number of aromatic nitrogens is 3. The van der Waals surface area contributed by atoms with Crippen LogP contribution in [0.5, 0.6) is 0 Å². The van der Waals surface area contributed by atoms with Gasteiger partial charge in [0.1, 0.15) is 0 Å². The van der Waals surface area contributed by atoms with E-state index in [0.717, 1.165) is 16.7 Å². The van der Waals surface area contributed by atoms with Crippen LogP contribution in [-0.4, -0.2) is 25.8 Å². The van der Waals surface area contributed by atoms with Crippen LogP contribution in [0, 0.1) is 13.8 Å². The Hall–Kier alpha value is -1.62. The second-order valence-electron chi connectivity index (χ2n) is 7.05. The number of rotatable bonds is 2. The van der Waals surface area contributed by atoms with Crippen LogP contribution in [0.2, 0.25) is 0 Å². The first-order valence-electron chi connectivity index (χ1n) is 8.92. The van der Waals surface area contributed by atoms with E-state index in [2.05, 4.69) is 49.2 Å². The van der Waals surface area contributed by atoms with Crippen LogP contribution in [0.25, 0.3) is 0 Å². The molecule has 4 nitrogen and oxygen atoms in total. The van der Waals surface area contributed by atoms with Gasteiger partial charge in [-0.05, 0) is 45.2 Å². The van der Waals surface area contributed by atoms with Crippen molar-refractivity contribution in [1.29, 1.82) is 0 Å². The first kappa shape index (κ1) is 15.9. The van der Waals surface area contributed by atoms with Gasteiger partial charge >= 0.3 is 0 Å². The van der Waals surface area contributed by atoms with E-state index < -0.39 is 0 Å². The summed E-state index contributed by atoms with van der Waals surface area (Å²) in [5.74, 6) is 1.57. The van der Waals surface area contributed by atoms with Crippen molar-refractivity contribution >= 4 is 17.5 Å². The molecule has 126 valence electrons. The summed E-state index contributed by atoms with van der Waals surface area (Å²) in [6.07, 6.45) is 6.37. The van der Waals surface area contributed by atoms with Crippen LogP contribution >= 0.6 is 11.8 Å². The molecule has 2 aromatic rings. The molecule has 4 rings (SSSR count). The maximum atomic E-state index is 5.02. The molecule has 0 N–H and O–H groups in total. The van der Waals surface area contributed by atoms with E-state index in [1.165, 1.54) is 48.8 Å². The molecule has 1 fully saturated rings. The molecule has 1 saturated carbocycles.